The van der Waals surface area contributed by atoms with Crippen LogP contribution in [0.15, 0.2) is 30.3 Å². The Bertz CT molecular complexity index is 586. The van der Waals surface area contributed by atoms with Crippen molar-refractivity contribution in [2.75, 3.05) is 0 Å². The van der Waals surface area contributed by atoms with Crippen molar-refractivity contribution in [1.29, 1.82) is 0 Å². The highest BCUT2D eigenvalue weighted by Gasteiger charge is 2.60. The normalized spacial score (nSPS) is 39.3. The fourth-order valence-electron chi connectivity index (χ4n) is 6.00. The van der Waals surface area contributed by atoms with Crippen molar-refractivity contribution >= 4 is 5.97 Å². The summed E-state index contributed by atoms with van der Waals surface area (Å²) < 4.78 is 0. The number of benzene rings is 1. The minimum absolute atomic E-state index is 0.278. The van der Waals surface area contributed by atoms with Gasteiger partial charge in [-0.05, 0) is 61.3 Å². The number of nitrogens with one attached hydrogen (secondary N) is 1. The van der Waals surface area contributed by atoms with Crippen LogP contribution in [0.2, 0.25) is 0 Å². The molecule has 124 valence electrons. The molecule has 0 amide bonds. The van der Waals surface area contributed by atoms with Crippen LogP contribution in [0.5, 0.6) is 0 Å². The molecule has 4 bridgehead atoms. The fourth-order valence-corrected chi connectivity index (χ4v) is 6.00. The topological polar surface area (TPSA) is 69.6 Å². The predicted molar refractivity (Wildman–Crippen MR) is 86.8 cm³/mol. The van der Waals surface area contributed by atoms with E-state index in [2.05, 4.69) is 5.32 Å². The Morgan fingerprint density at radius 2 is 1.83 bits per heavy atom. The molecule has 0 aromatic heterocycles. The SMILES string of the molecule is O=C(O)[C@@H](NCc1ccccc1)C12CC3CC(CC(O)(C3)C1)C2. The van der Waals surface area contributed by atoms with E-state index in [1.54, 1.807) is 0 Å². The first-order valence-electron chi connectivity index (χ1n) is 8.71. The zero-order valence-electron chi connectivity index (χ0n) is 13.4. The van der Waals surface area contributed by atoms with E-state index >= 15 is 0 Å². The number of aliphatic carboxylic acids is 1. The number of carbonyl (C=O) groups is 1. The fraction of sp³-hybridized carbons (Fsp3) is 0.632. The first kappa shape index (κ1) is 15.2. The summed E-state index contributed by atoms with van der Waals surface area (Å²) in [5.41, 5.74) is 0.202. The highest BCUT2D eigenvalue weighted by atomic mass is 16.4. The summed E-state index contributed by atoms with van der Waals surface area (Å²) in [7, 11) is 0. The van der Waals surface area contributed by atoms with Crippen molar-refractivity contribution in [2.24, 2.45) is 17.3 Å². The molecule has 4 aliphatic carbocycles. The standard InChI is InChI=1S/C19H25NO3/c21-17(22)16(20-11-13-4-2-1-3-5-13)18-7-14-6-15(8-18)10-19(23,9-14)12-18/h1-5,14-16,20,23H,6-12H2,(H,21,22)/t14?,15?,16-,18?,19?/m1/s1. The van der Waals surface area contributed by atoms with E-state index in [1.165, 1.54) is 6.42 Å². The minimum atomic E-state index is -0.772. The third-order valence-corrected chi connectivity index (χ3v) is 6.29. The van der Waals surface area contributed by atoms with Gasteiger partial charge in [0.2, 0.25) is 0 Å². The zero-order chi connectivity index (χ0) is 16.1. The predicted octanol–water partition coefficient (Wildman–Crippen LogP) is 2.56. The second-order valence-electron chi connectivity index (χ2n) is 8.19. The average molecular weight is 315 g/mol. The molecular weight excluding hydrogens is 290 g/mol. The number of hydrogen-bond donors (Lipinski definition) is 3. The molecule has 3 atom stereocenters. The maximum Gasteiger partial charge on any atom is 0.321 e. The van der Waals surface area contributed by atoms with Gasteiger partial charge >= 0.3 is 5.97 Å². The quantitative estimate of drug-likeness (QED) is 0.781. The van der Waals surface area contributed by atoms with E-state index in [0.29, 0.717) is 24.8 Å². The van der Waals surface area contributed by atoms with Gasteiger partial charge in [0.25, 0.3) is 0 Å². The summed E-state index contributed by atoms with van der Waals surface area (Å²) in [5.74, 6) is 0.231. The highest BCUT2D eigenvalue weighted by molar-refractivity contribution is 5.75. The average Bonchev–Trinajstić information content (AvgIpc) is 2.45. The Morgan fingerprint density at radius 3 is 2.39 bits per heavy atom. The van der Waals surface area contributed by atoms with E-state index in [9.17, 15) is 15.0 Å². The summed E-state index contributed by atoms with van der Waals surface area (Å²) in [6, 6.07) is 9.37. The largest absolute Gasteiger partial charge is 0.480 e. The molecule has 0 heterocycles. The maximum atomic E-state index is 12.0. The van der Waals surface area contributed by atoms with Crippen LogP contribution in [0.25, 0.3) is 0 Å². The smallest absolute Gasteiger partial charge is 0.321 e. The minimum Gasteiger partial charge on any atom is -0.480 e. The first-order valence-corrected chi connectivity index (χ1v) is 8.71. The number of hydrogen-bond acceptors (Lipinski definition) is 3. The third-order valence-electron chi connectivity index (χ3n) is 6.29. The van der Waals surface area contributed by atoms with Gasteiger partial charge in [0.05, 0.1) is 5.60 Å². The van der Waals surface area contributed by atoms with Crippen LogP contribution in [0, 0.1) is 17.3 Å². The van der Waals surface area contributed by atoms with Crippen LogP contribution in [-0.4, -0.2) is 27.8 Å². The molecule has 5 rings (SSSR count). The second kappa shape index (κ2) is 5.32. The molecule has 1 aromatic carbocycles. The lowest BCUT2D eigenvalue weighted by atomic mass is 9.46. The molecule has 4 nitrogen and oxygen atoms in total. The Hall–Kier alpha value is -1.39. The summed E-state index contributed by atoms with van der Waals surface area (Å²) in [6.45, 7) is 0.563. The van der Waals surface area contributed by atoms with E-state index in [1.807, 2.05) is 30.3 Å². The Morgan fingerprint density at radius 1 is 1.17 bits per heavy atom. The number of carboxylic acids is 1. The van der Waals surface area contributed by atoms with E-state index in [0.717, 1.165) is 31.2 Å². The molecule has 2 unspecified atom stereocenters. The lowest BCUT2D eigenvalue weighted by Crippen LogP contribution is -2.63. The van der Waals surface area contributed by atoms with Crippen LogP contribution in [0.3, 0.4) is 0 Å². The number of rotatable bonds is 5. The molecule has 0 saturated heterocycles. The molecule has 1 aromatic rings. The van der Waals surface area contributed by atoms with E-state index in [4.69, 9.17) is 0 Å². The van der Waals surface area contributed by atoms with Crippen molar-refractivity contribution in [3.05, 3.63) is 35.9 Å². The van der Waals surface area contributed by atoms with Gasteiger partial charge in [0.1, 0.15) is 6.04 Å². The second-order valence-corrected chi connectivity index (χ2v) is 8.19. The van der Waals surface area contributed by atoms with Crippen LogP contribution in [0.1, 0.15) is 44.1 Å². The summed E-state index contributed by atoms with van der Waals surface area (Å²) in [5, 5.41) is 24.0. The van der Waals surface area contributed by atoms with Crippen LogP contribution in [0.4, 0.5) is 0 Å². The van der Waals surface area contributed by atoms with Gasteiger partial charge in [-0.15, -0.1) is 0 Å². The van der Waals surface area contributed by atoms with Gasteiger partial charge in [0, 0.05) is 6.54 Å². The lowest BCUT2D eigenvalue weighted by Gasteiger charge is -2.61. The molecule has 4 saturated carbocycles. The molecule has 0 aliphatic heterocycles. The van der Waals surface area contributed by atoms with E-state index < -0.39 is 17.6 Å². The Kier molecular flexibility index (Phi) is 3.50. The molecule has 4 fully saturated rings. The number of carboxylic acid groups (broad SMARTS) is 1. The third kappa shape index (κ3) is 2.68. The van der Waals surface area contributed by atoms with Gasteiger partial charge in [-0.1, -0.05) is 30.3 Å². The van der Waals surface area contributed by atoms with Gasteiger partial charge in [-0.25, -0.2) is 0 Å². The molecular formula is C19H25NO3. The van der Waals surface area contributed by atoms with Crippen LogP contribution in [-0.2, 0) is 11.3 Å². The van der Waals surface area contributed by atoms with Gasteiger partial charge in [-0.3, -0.25) is 10.1 Å². The highest BCUT2D eigenvalue weighted by Crippen LogP contribution is 2.62. The zero-order valence-corrected chi connectivity index (χ0v) is 13.4. The number of aliphatic hydroxyl groups is 1. The van der Waals surface area contributed by atoms with Crippen molar-refractivity contribution in [3.8, 4) is 0 Å². The van der Waals surface area contributed by atoms with Gasteiger partial charge in [0.15, 0.2) is 0 Å². The van der Waals surface area contributed by atoms with Crippen molar-refractivity contribution in [3.63, 3.8) is 0 Å². The van der Waals surface area contributed by atoms with Gasteiger partial charge < -0.3 is 10.2 Å². The summed E-state index contributed by atoms with van der Waals surface area (Å²) in [6.07, 6.45) is 5.46. The summed E-state index contributed by atoms with van der Waals surface area (Å²) in [4.78, 5) is 12.0. The molecule has 23 heavy (non-hydrogen) atoms. The van der Waals surface area contributed by atoms with E-state index in [-0.39, 0.29) is 5.41 Å². The Balaban J connectivity index is 1.56. The van der Waals surface area contributed by atoms with Crippen LogP contribution < -0.4 is 5.32 Å². The molecule has 0 radical (unpaired) electrons. The molecule has 4 heteroatoms. The van der Waals surface area contributed by atoms with Crippen molar-refractivity contribution in [1.82, 2.24) is 5.32 Å². The van der Waals surface area contributed by atoms with Crippen molar-refractivity contribution in [2.45, 2.75) is 56.7 Å². The van der Waals surface area contributed by atoms with Crippen molar-refractivity contribution < 1.29 is 15.0 Å². The molecule has 3 N–H and O–H groups in total. The molecule has 4 aliphatic rings. The summed E-state index contributed by atoms with van der Waals surface area (Å²) >= 11 is 0. The Labute approximate surface area is 136 Å². The van der Waals surface area contributed by atoms with Gasteiger partial charge in [-0.2, -0.15) is 0 Å². The first-order chi connectivity index (χ1) is 11.0. The van der Waals surface area contributed by atoms with Crippen LogP contribution >= 0.6 is 0 Å². The lowest BCUT2D eigenvalue weighted by molar-refractivity contribution is -0.182. The maximum absolute atomic E-state index is 12.0. The monoisotopic (exact) mass is 315 g/mol. The molecule has 0 spiro atoms.